The largest absolute Gasteiger partial charge is 0.303 e. The molecule has 618 valence electrons. The van der Waals surface area contributed by atoms with E-state index < -0.39 is 0 Å². The molecule has 9 aromatic carbocycles. The predicted octanol–water partition coefficient (Wildman–Crippen LogP) is 30.1. The summed E-state index contributed by atoms with van der Waals surface area (Å²) >= 11 is 0. The third-order valence-electron chi connectivity index (χ3n) is 12.4. The molecule has 0 aliphatic heterocycles. The number of rotatable bonds is 5. The molecule has 0 radical (unpaired) electrons. The molecule has 0 amide bonds. The van der Waals surface area contributed by atoms with Gasteiger partial charge in [0, 0.05) is 99.0 Å². The van der Waals surface area contributed by atoms with Gasteiger partial charge < -0.3 is 25.0 Å². The maximum atomic E-state index is 4.03. The molecule has 0 unspecified atom stereocenters. The topological polar surface area (TPSA) is 78.0 Å². The highest BCUT2D eigenvalue weighted by atomic mass is 15.4. The lowest BCUT2D eigenvalue weighted by Gasteiger charge is -2.03. The Labute approximate surface area is 677 Å². The monoisotopic (exact) mass is 1500 g/mol. The highest BCUT2D eigenvalue weighted by Crippen LogP contribution is 2.24. The normalized spacial score (nSPS) is 8.37. The Morgan fingerprint density at radius 2 is 0.339 bits per heavy atom. The van der Waals surface area contributed by atoms with Gasteiger partial charge in [0.05, 0.1) is 0 Å². The molecule has 10 heteroatoms. The molecule has 0 aliphatic rings. The minimum Gasteiger partial charge on any atom is -0.303 e. The first kappa shape index (κ1) is 121. The fourth-order valence-electron chi connectivity index (χ4n) is 9.12. The van der Waals surface area contributed by atoms with Gasteiger partial charge in [0.25, 0.3) is 0 Å². The molecule has 0 saturated heterocycles. The highest BCUT2D eigenvalue weighted by Gasteiger charge is 2.00. The summed E-state index contributed by atoms with van der Waals surface area (Å²) in [5.74, 6) is 0. The van der Waals surface area contributed by atoms with Crippen molar-refractivity contribution in [3.63, 3.8) is 0 Å². The van der Waals surface area contributed by atoms with Gasteiger partial charge in [0.15, 0.2) is 0 Å². The summed E-state index contributed by atoms with van der Waals surface area (Å²) in [7, 11) is 19.1. The zero-order chi connectivity index (χ0) is 87.5. The predicted molar refractivity (Wildman–Crippen MR) is 514 cm³/mol. The SMILES string of the molecule is CC.CC.CC.CC.CC.CC.CC.CC.CC.CC(C)=NN(C)C.CC(C)=NN(C)C.CC(C)=NN(C)C.CC(C)=NN(C)C.CC(C)=NN(C)C.Cc1ccc(C)c2ccccc12.Cc1ccc(C)c2ccccc12.Cc1ccc2cc(C)ccc2c1.Cc1cccc(C)c1.Cc1cccc2c(C)cccc12. The van der Waals surface area contributed by atoms with Crippen LogP contribution in [0.4, 0.5) is 0 Å². The second kappa shape index (κ2) is 81.9. The van der Waals surface area contributed by atoms with E-state index in [9.17, 15) is 0 Å². The molecule has 9 rings (SSSR count). The van der Waals surface area contributed by atoms with Crippen molar-refractivity contribution < 1.29 is 0 Å². The summed E-state index contributed by atoms with van der Waals surface area (Å²) in [4.78, 5) is 0. The molecular formula is C99H172N10. The van der Waals surface area contributed by atoms with Crippen LogP contribution < -0.4 is 0 Å². The van der Waals surface area contributed by atoms with E-state index in [1.54, 1.807) is 25.0 Å². The summed E-state index contributed by atoms with van der Waals surface area (Å²) in [6.45, 7) is 77.1. The van der Waals surface area contributed by atoms with Gasteiger partial charge in [-0.3, -0.25) is 0 Å². The van der Waals surface area contributed by atoms with Gasteiger partial charge in [-0.25, -0.2) is 0 Å². The van der Waals surface area contributed by atoms with E-state index in [1.807, 2.05) is 264 Å². The molecule has 10 nitrogen and oxygen atoms in total. The van der Waals surface area contributed by atoms with Gasteiger partial charge in [-0.1, -0.05) is 317 Å². The van der Waals surface area contributed by atoms with Crippen LogP contribution in [0.2, 0.25) is 0 Å². The fraction of sp³-hybridized carbons (Fsp3) is 0.485. The second-order valence-electron chi connectivity index (χ2n) is 24.7. The molecule has 0 bridgehead atoms. The van der Waals surface area contributed by atoms with Gasteiger partial charge in [0.2, 0.25) is 0 Å². The summed E-state index contributed by atoms with van der Waals surface area (Å²) < 4.78 is 0. The molecule has 0 fully saturated rings. The van der Waals surface area contributed by atoms with Gasteiger partial charge >= 0.3 is 0 Å². The molecule has 0 N–H and O–H groups in total. The van der Waals surface area contributed by atoms with E-state index in [2.05, 4.69) is 265 Å². The molecule has 0 atom stereocenters. The zero-order valence-corrected chi connectivity index (χ0v) is 80.1. The average Bonchev–Trinajstić information content (AvgIpc) is 0.842. The lowest BCUT2D eigenvalue weighted by atomic mass is 10.0. The Balaban J connectivity index is -0.000000123. The summed E-state index contributed by atoms with van der Waals surface area (Å²) in [5, 5.41) is 40.0. The summed E-state index contributed by atoms with van der Waals surface area (Å²) in [6, 6.07) is 60.2. The molecule has 0 saturated carbocycles. The van der Waals surface area contributed by atoms with Crippen molar-refractivity contribution in [2.45, 2.75) is 263 Å². The third kappa shape index (κ3) is 70.8. The van der Waals surface area contributed by atoms with Crippen molar-refractivity contribution in [1.29, 1.82) is 0 Å². The number of aryl methyl sites for hydroxylation is 10. The maximum Gasteiger partial charge on any atom is 0.0318 e. The van der Waals surface area contributed by atoms with Crippen molar-refractivity contribution in [1.82, 2.24) is 25.0 Å². The Kier molecular flexibility index (Phi) is 91.2. The fourth-order valence-corrected chi connectivity index (χ4v) is 9.12. The van der Waals surface area contributed by atoms with Gasteiger partial charge in [-0.15, -0.1) is 0 Å². The van der Waals surface area contributed by atoms with Gasteiger partial charge in [-0.2, -0.15) is 25.5 Å². The van der Waals surface area contributed by atoms with E-state index >= 15 is 0 Å². The van der Waals surface area contributed by atoms with Crippen LogP contribution in [0.5, 0.6) is 0 Å². The molecule has 0 spiro atoms. The van der Waals surface area contributed by atoms with Crippen molar-refractivity contribution in [3.05, 3.63) is 225 Å². The van der Waals surface area contributed by atoms with Crippen LogP contribution in [0.1, 0.15) is 249 Å². The van der Waals surface area contributed by atoms with Crippen LogP contribution in [0, 0.1) is 69.2 Å². The smallest absolute Gasteiger partial charge is 0.0318 e. The maximum absolute atomic E-state index is 4.03. The van der Waals surface area contributed by atoms with E-state index in [0.29, 0.717) is 0 Å². The molecule has 0 heterocycles. The minimum absolute atomic E-state index is 1.09. The second-order valence-corrected chi connectivity index (χ2v) is 24.7. The minimum atomic E-state index is 1.09. The van der Waals surface area contributed by atoms with Gasteiger partial charge in [-0.05, 0) is 215 Å². The van der Waals surface area contributed by atoms with Crippen LogP contribution in [-0.4, -0.2) is 124 Å². The number of nitrogens with zero attached hydrogens (tertiary/aromatic N) is 10. The first-order valence-electron chi connectivity index (χ1n) is 40.4. The van der Waals surface area contributed by atoms with Crippen molar-refractivity contribution in [3.8, 4) is 0 Å². The van der Waals surface area contributed by atoms with Crippen LogP contribution >= 0.6 is 0 Å². The number of hydrogen-bond acceptors (Lipinski definition) is 10. The van der Waals surface area contributed by atoms with Crippen LogP contribution in [-0.2, 0) is 0 Å². The highest BCUT2D eigenvalue weighted by molar-refractivity contribution is 5.90. The lowest BCUT2D eigenvalue weighted by molar-refractivity contribution is 0.437. The molecule has 9 aromatic rings. The van der Waals surface area contributed by atoms with E-state index in [4.69, 9.17) is 0 Å². The third-order valence-corrected chi connectivity index (χ3v) is 12.4. The van der Waals surface area contributed by atoms with E-state index in [-0.39, 0.29) is 0 Å². The molecule has 109 heavy (non-hydrogen) atoms. The number of fused-ring (bicyclic) bond motifs is 4. The Morgan fingerprint density at radius 1 is 0.183 bits per heavy atom. The first-order chi connectivity index (χ1) is 51.5. The quantitative estimate of drug-likeness (QED) is 0.127. The van der Waals surface area contributed by atoms with Crippen LogP contribution in [0.3, 0.4) is 0 Å². The van der Waals surface area contributed by atoms with Crippen LogP contribution in [0.25, 0.3) is 43.1 Å². The summed E-state index contributed by atoms with van der Waals surface area (Å²) in [6.07, 6.45) is 0. The summed E-state index contributed by atoms with van der Waals surface area (Å²) in [5.41, 5.74) is 18.9. The standard InChI is InChI=1S/4C12H12.C8H10.5C5H12N2.9C2H6/c1-9-3-5-12-8-10(2)4-6-11(12)7-9;1-9-5-3-8-12-10(2)6-4-7-11(9)12;2*1-9-7-8-10(2)12-6-4-3-5-11(9)12;1-7-4-3-5-8(2)6-7;5*1-5(2)6-7(3)4;9*1-2/h4*3-8H,1-2H3;3-6H,1-2H3;5*1-4H3;9*1-2H3. The van der Waals surface area contributed by atoms with E-state index in [1.165, 1.54) is 98.7 Å². The van der Waals surface area contributed by atoms with E-state index in [0.717, 1.165) is 28.6 Å². The van der Waals surface area contributed by atoms with Gasteiger partial charge in [0.1, 0.15) is 0 Å². The number of hydrogen-bond donors (Lipinski definition) is 0. The molecule has 0 aromatic heterocycles. The lowest BCUT2D eigenvalue weighted by Crippen LogP contribution is -2.03. The first-order valence-corrected chi connectivity index (χ1v) is 40.4. The Morgan fingerprint density at radius 3 is 0.486 bits per heavy atom. The van der Waals surface area contributed by atoms with Crippen molar-refractivity contribution >= 4 is 71.6 Å². The number of benzene rings is 9. The van der Waals surface area contributed by atoms with Crippen LogP contribution in [0.15, 0.2) is 195 Å². The average molecular weight is 1500 g/mol. The van der Waals surface area contributed by atoms with Crippen molar-refractivity contribution in [2.75, 3.05) is 70.5 Å². The number of hydrazone groups is 5. The Hall–Kier alpha value is -8.63. The Bertz CT molecular complexity index is 3250. The zero-order valence-electron chi connectivity index (χ0n) is 80.1. The van der Waals surface area contributed by atoms with Crippen molar-refractivity contribution in [2.24, 2.45) is 25.5 Å². The molecule has 0 aliphatic carbocycles. The molecular weight excluding hydrogens is 1330 g/mol.